The summed E-state index contributed by atoms with van der Waals surface area (Å²) >= 11 is 5.86. The summed E-state index contributed by atoms with van der Waals surface area (Å²) in [5.74, 6) is 2.91. The molecule has 1 saturated heterocycles. The van der Waals surface area contributed by atoms with E-state index in [1.807, 2.05) is 5.43 Å². The zero-order chi connectivity index (χ0) is 12.6. The van der Waals surface area contributed by atoms with Crippen LogP contribution in [0.5, 0.6) is 0 Å². The van der Waals surface area contributed by atoms with Crippen LogP contribution in [0, 0.1) is 11.8 Å². The van der Waals surface area contributed by atoms with Crippen molar-refractivity contribution in [3.63, 3.8) is 0 Å². The maximum absolute atomic E-state index is 11.9. The van der Waals surface area contributed by atoms with Gasteiger partial charge in [0.25, 0.3) is 5.91 Å². The molecule has 92 valence electrons. The van der Waals surface area contributed by atoms with E-state index in [2.05, 4.69) is 0 Å². The lowest BCUT2D eigenvalue weighted by Gasteiger charge is -2.17. The van der Waals surface area contributed by atoms with Gasteiger partial charge >= 0.3 is 0 Å². The highest BCUT2D eigenvalue weighted by Crippen LogP contribution is 2.38. The van der Waals surface area contributed by atoms with Crippen LogP contribution in [0.2, 0.25) is 0 Å². The van der Waals surface area contributed by atoms with E-state index >= 15 is 0 Å². The molecule has 2 rings (SSSR count). The third-order valence-corrected chi connectivity index (χ3v) is 3.43. The topological polar surface area (TPSA) is 92.5 Å². The minimum absolute atomic E-state index is 0.316. The highest BCUT2D eigenvalue weighted by atomic mass is 35.5. The summed E-state index contributed by atoms with van der Waals surface area (Å²) in [4.78, 5) is 35.9. The second-order valence-electron chi connectivity index (χ2n) is 4.13. The number of carbonyl (C=O) groups is 3. The van der Waals surface area contributed by atoms with Crippen molar-refractivity contribution in [2.24, 2.45) is 17.7 Å². The summed E-state index contributed by atoms with van der Waals surface area (Å²) in [6.45, 7) is -0.321. The normalized spacial score (nSPS) is 27.9. The second kappa shape index (κ2) is 4.46. The van der Waals surface area contributed by atoms with E-state index in [4.69, 9.17) is 17.4 Å². The van der Waals surface area contributed by atoms with Crippen molar-refractivity contribution in [2.45, 2.75) is 12.8 Å². The van der Waals surface area contributed by atoms with Crippen LogP contribution in [0.4, 0.5) is 0 Å². The minimum atomic E-state index is -0.565. The average Bonchev–Trinajstić information content (AvgIpc) is 2.54. The average molecular weight is 258 g/mol. The number of nitrogens with one attached hydrogen (secondary N) is 1. The molecule has 0 radical (unpaired) electrons. The van der Waals surface area contributed by atoms with Crippen molar-refractivity contribution in [3.8, 4) is 0 Å². The fraction of sp³-hybridized carbons (Fsp3) is 0.500. The van der Waals surface area contributed by atoms with Gasteiger partial charge in [-0.3, -0.25) is 24.7 Å². The van der Waals surface area contributed by atoms with Gasteiger partial charge in [-0.25, -0.2) is 5.84 Å². The van der Waals surface area contributed by atoms with Gasteiger partial charge in [0.15, 0.2) is 0 Å². The standard InChI is InChI=1S/C10H12ClN3O3/c11-5-1-2-6-7(3-5)10(17)14(9(6)16)4-8(15)13-12/h1,6-7H,2-4,12H2,(H,13,15)/t6-,7-/m0/s1. The van der Waals surface area contributed by atoms with Crippen LogP contribution in [0.25, 0.3) is 0 Å². The van der Waals surface area contributed by atoms with Crippen LogP contribution in [0.3, 0.4) is 0 Å². The van der Waals surface area contributed by atoms with Crippen molar-refractivity contribution in [1.82, 2.24) is 10.3 Å². The Labute approximate surface area is 103 Å². The fourth-order valence-electron chi connectivity index (χ4n) is 2.24. The maximum Gasteiger partial charge on any atom is 0.254 e. The molecular formula is C10H12ClN3O3. The van der Waals surface area contributed by atoms with E-state index in [1.165, 1.54) is 0 Å². The van der Waals surface area contributed by atoms with Gasteiger partial charge in [0.2, 0.25) is 11.8 Å². The summed E-state index contributed by atoms with van der Waals surface area (Å²) in [5, 5.41) is 0.595. The highest BCUT2D eigenvalue weighted by molar-refractivity contribution is 6.30. The summed E-state index contributed by atoms with van der Waals surface area (Å²) in [7, 11) is 0. The van der Waals surface area contributed by atoms with Gasteiger partial charge in [-0.2, -0.15) is 0 Å². The first-order valence-corrected chi connectivity index (χ1v) is 5.61. The van der Waals surface area contributed by atoms with E-state index in [0.717, 1.165) is 4.90 Å². The molecule has 3 N–H and O–H groups in total. The number of allylic oxidation sites excluding steroid dienone is 2. The number of rotatable bonds is 2. The van der Waals surface area contributed by atoms with E-state index in [-0.39, 0.29) is 24.3 Å². The molecule has 1 aliphatic carbocycles. The molecule has 0 saturated carbocycles. The summed E-state index contributed by atoms with van der Waals surface area (Å²) < 4.78 is 0. The van der Waals surface area contributed by atoms with Gasteiger partial charge < -0.3 is 0 Å². The van der Waals surface area contributed by atoms with Crippen molar-refractivity contribution < 1.29 is 14.4 Å². The Balaban J connectivity index is 2.16. The lowest BCUT2D eigenvalue weighted by Crippen LogP contribution is -2.43. The minimum Gasteiger partial charge on any atom is -0.293 e. The van der Waals surface area contributed by atoms with Gasteiger partial charge in [-0.1, -0.05) is 17.7 Å². The number of nitrogens with two attached hydrogens (primary N) is 1. The van der Waals surface area contributed by atoms with Gasteiger partial charge in [0.1, 0.15) is 6.54 Å². The Kier molecular flexibility index (Phi) is 3.17. The van der Waals surface area contributed by atoms with Crippen molar-refractivity contribution in [2.75, 3.05) is 6.54 Å². The number of hydrogen-bond acceptors (Lipinski definition) is 4. The number of imide groups is 1. The molecule has 6 nitrogen and oxygen atoms in total. The molecule has 2 aliphatic rings. The van der Waals surface area contributed by atoms with Crippen LogP contribution in [-0.2, 0) is 14.4 Å². The lowest BCUT2D eigenvalue weighted by atomic mass is 9.85. The zero-order valence-electron chi connectivity index (χ0n) is 8.98. The molecular weight excluding hydrogens is 246 g/mol. The van der Waals surface area contributed by atoms with Crippen LogP contribution < -0.4 is 11.3 Å². The molecule has 0 aromatic rings. The molecule has 2 atom stereocenters. The van der Waals surface area contributed by atoms with E-state index in [1.54, 1.807) is 6.08 Å². The first-order valence-electron chi connectivity index (χ1n) is 5.23. The third-order valence-electron chi connectivity index (χ3n) is 3.12. The number of hydrogen-bond donors (Lipinski definition) is 2. The second-order valence-corrected chi connectivity index (χ2v) is 4.62. The maximum atomic E-state index is 11.9. The lowest BCUT2D eigenvalue weighted by molar-refractivity contribution is -0.143. The van der Waals surface area contributed by atoms with Gasteiger partial charge in [0.05, 0.1) is 11.8 Å². The van der Waals surface area contributed by atoms with Crippen LogP contribution >= 0.6 is 11.6 Å². The van der Waals surface area contributed by atoms with E-state index in [0.29, 0.717) is 17.9 Å². The number of fused-ring (bicyclic) bond motifs is 1. The number of nitrogens with zero attached hydrogens (tertiary/aromatic N) is 1. The molecule has 0 aromatic heterocycles. The van der Waals surface area contributed by atoms with Crippen molar-refractivity contribution in [3.05, 3.63) is 11.1 Å². The molecule has 0 spiro atoms. The van der Waals surface area contributed by atoms with Crippen molar-refractivity contribution >= 4 is 29.3 Å². The SMILES string of the molecule is NNC(=O)CN1C(=O)[C@H]2CC=C(Cl)C[C@@H]2C1=O. The number of hydrazine groups is 1. The Hall–Kier alpha value is -1.40. The predicted molar refractivity (Wildman–Crippen MR) is 59.2 cm³/mol. The summed E-state index contributed by atoms with van der Waals surface area (Å²) in [6, 6.07) is 0. The quantitative estimate of drug-likeness (QED) is 0.302. The van der Waals surface area contributed by atoms with Crippen LogP contribution in [0.1, 0.15) is 12.8 Å². The van der Waals surface area contributed by atoms with Gasteiger partial charge in [-0.05, 0) is 12.8 Å². The summed E-state index contributed by atoms with van der Waals surface area (Å²) in [5.41, 5.74) is 1.90. The van der Waals surface area contributed by atoms with Gasteiger partial charge in [-0.15, -0.1) is 0 Å². The highest BCUT2D eigenvalue weighted by Gasteiger charge is 2.48. The molecule has 1 fully saturated rings. The fourth-order valence-corrected chi connectivity index (χ4v) is 2.50. The predicted octanol–water partition coefficient (Wildman–Crippen LogP) is -0.506. The summed E-state index contributed by atoms with van der Waals surface area (Å²) in [6.07, 6.45) is 2.58. The van der Waals surface area contributed by atoms with Gasteiger partial charge in [0, 0.05) is 5.03 Å². The zero-order valence-corrected chi connectivity index (χ0v) is 9.74. The van der Waals surface area contributed by atoms with Crippen LogP contribution in [0.15, 0.2) is 11.1 Å². The molecule has 3 amide bonds. The largest absolute Gasteiger partial charge is 0.293 e. The number of halogens is 1. The number of carbonyl (C=O) groups excluding carboxylic acids is 3. The molecule has 1 heterocycles. The Morgan fingerprint density at radius 1 is 1.47 bits per heavy atom. The smallest absolute Gasteiger partial charge is 0.254 e. The molecule has 0 aromatic carbocycles. The monoisotopic (exact) mass is 257 g/mol. The van der Waals surface area contributed by atoms with E-state index < -0.39 is 11.8 Å². The van der Waals surface area contributed by atoms with Crippen LogP contribution in [-0.4, -0.2) is 29.2 Å². The molecule has 17 heavy (non-hydrogen) atoms. The Bertz CT molecular complexity index is 421. The Morgan fingerprint density at radius 3 is 2.76 bits per heavy atom. The molecule has 7 heteroatoms. The first kappa shape index (κ1) is 12.1. The number of likely N-dealkylation sites (tertiary alicyclic amines) is 1. The third kappa shape index (κ3) is 2.05. The molecule has 0 unspecified atom stereocenters. The van der Waals surface area contributed by atoms with Crippen molar-refractivity contribution in [1.29, 1.82) is 0 Å². The Morgan fingerprint density at radius 2 is 2.12 bits per heavy atom. The first-order chi connectivity index (χ1) is 8.04. The molecule has 1 aliphatic heterocycles. The number of amides is 3. The molecule has 0 bridgehead atoms. The van der Waals surface area contributed by atoms with E-state index in [9.17, 15) is 14.4 Å².